The van der Waals surface area contributed by atoms with Gasteiger partial charge in [0.2, 0.25) is 0 Å². The SMILES string of the molecule is CCOc1ccc(C(=O)NCC(I)C(=O)OC)cc1. The number of hydrogen-bond acceptors (Lipinski definition) is 4. The Hall–Kier alpha value is -1.31. The molecule has 1 N–H and O–H groups in total. The molecule has 0 heterocycles. The Labute approximate surface area is 125 Å². The lowest BCUT2D eigenvalue weighted by Gasteiger charge is -2.09. The van der Waals surface area contributed by atoms with Crippen molar-refractivity contribution in [2.45, 2.75) is 10.8 Å². The number of methoxy groups -OCH3 is 1. The molecule has 19 heavy (non-hydrogen) atoms. The third-order valence-corrected chi connectivity index (χ3v) is 3.28. The van der Waals surface area contributed by atoms with Gasteiger partial charge in [-0.3, -0.25) is 9.59 Å². The largest absolute Gasteiger partial charge is 0.494 e. The zero-order chi connectivity index (χ0) is 14.3. The van der Waals surface area contributed by atoms with Gasteiger partial charge in [0, 0.05) is 12.1 Å². The lowest BCUT2D eigenvalue weighted by molar-refractivity contribution is -0.139. The summed E-state index contributed by atoms with van der Waals surface area (Å²) >= 11 is 1.93. The standard InChI is InChI=1S/C13H16INO4/c1-3-19-10-6-4-9(5-7-10)12(16)15-8-11(14)13(17)18-2/h4-7,11H,3,8H2,1-2H3,(H,15,16). The van der Waals surface area contributed by atoms with Crippen molar-refractivity contribution in [3.05, 3.63) is 29.8 Å². The van der Waals surface area contributed by atoms with Crippen molar-refractivity contribution >= 4 is 34.5 Å². The van der Waals surface area contributed by atoms with E-state index in [9.17, 15) is 9.59 Å². The fraction of sp³-hybridized carbons (Fsp3) is 0.385. The molecule has 0 bridgehead atoms. The van der Waals surface area contributed by atoms with Gasteiger partial charge in [0.05, 0.1) is 13.7 Å². The van der Waals surface area contributed by atoms with Crippen LogP contribution < -0.4 is 10.1 Å². The number of nitrogens with one attached hydrogen (secondary N) is 1. The minimum Gasteiger partial charge on any atom is -0.494 e. The predicted octanol–water partition coefficient (Wildman–Crippen LogP) is 1.79. The number of halogens is 1. The first-order chi connectivity index (χ1) is 9.08. The minimum absolute atomic E-state index is 0.228. The van der Waals surface area contributed by atoms with E-state index in [0.717, 1.165) is 5.75 Å². The molecule has 0 saturated heterocycles. The summed E-state index contributed by atoms with van der Waals surface area (Å²) in [5.41, 5.74) is 0.525. The van der Waals surface area contributed by atoms with Gasteiger partial charge in [-0.2, -0.15) is 0 Å². The van der Waals surface area contributed by atoms with Crippen LogP contribution in [0.1, 0.15) is 17.3 Å². The Morgan fingerprint density at radius 3 is 2.47 bits per heavy atom. The highest BCUT2D eigenvalue weighted by Crippen LogP contribution is 2.12. The van der Waals surface area contributed by atoms with Crippen LogP contribution in [0.4, 0.5) is 0 Å². The number of carbonyl (C=O) groups is 2. The van der Waals surface area contributed by atoms with E-state index in [-0.39, 0.29) is 18.4 Å². The van der Waals surface area contributed by atoms with Crippen LogP contribution in [0.15, 0.2) is 24.3 Å². The summed E-state index contributed by atoms with van der Waals surface area (Å²) in [6.45, 7) is 2.72. The van der Waals surface area contributed by atoms with Crippen LogP contribution in [0.3, 0.4) is 0 Å². The molecule has 6 heteroatoms. The van der Waals surface area contributed by atoms with E-state index >= 15 is 0 Å². The van der Waals surface area contributed by atoms with E-state index in [1.807, 2.05) is 29.5 Å². The number of amides is 1. The molecule has 0 spiro atoms. The molecule has 0 fully saturated rings. The van der Waals surface area contributed by atoms with E-state index in [1.165, 1.54) is 7.11 Å². The molecule has 0 saturated carbocycles. The molecule has 0 aliphatic heterocycles. The molecule has 0 aliphatic rings. The normalized spacial score (nSPS) is 11.5. The summed E-state index contributed by atoms with van der Waals surface area (Å²) in [5, 5.41) is 2.68. The average molecular weight is 377 g/mol. The number of rotatable bonds is 6. The van der Waals surface area contributed by atoms with Gasteiger partial charge in [-0.05, 0) is 31.2 Å². The first-order valence-electron chi connectivity index (χ1n) is 5.81. The lowest BCUT2D eigenvalue weighted by Crippen LogP contribution is -2.33. The van der Waals surface area contributed by atoms with E-state index in [0.29, 0.717) is 12.2 Å². The topological polar surface area (TPSA) is 64.6 Å². The second-order valence-corrected chi connectivity index (χ2v) is 5.16. The van der Waals surface area contributed by atoms with Gasteiger partial charge >= 0.3 is 5.97 Å². The van der Waals surface area contributed by atoms with Crippen molar-refractivity contribution in [1.82, 2.24) is 5.32 Å². The Bertz CT molecular complexity index is 433. The molecule has 104 valence electrons. The van der Waals surface area contributed by atoms with Gasteiger partial charge in [0.1, 0.15) is 9.67 Å². The Kier molecular flexibility index (Phi) is 6.61. The van der Waals surface area contributed by atoms with Gasteiger partial charge < -0.3 is 14.8 Å². The predicted molar refractivity (Wildman–Crippen MR) is 79.8 cm³/mol. The summed E-state index contributed by atoms with van der Waals surface area (Å²) in [6.07, 6.45) is 0. The second-order valence-electron chi connectivity index (χ2n) is 3.66. The summed E-state index contributed by atoms with van der Waals surface area (Å²) in [5.74, 6) is 0.140. The molecule has 1 aromatic carbocycles. The van der Waals surface area contributed by atoms with Gasteiger partial charge in [-0.1, -0.05) is 22.6 Å². The molecule has 1 atom stereocenters. The third-order valence-electron chi connectivity index (χ3n) is 2.33. The molecular weight excluding hydrogens is 361 g/mol. The van der Waals surface area contributed by atoms with Crippen molar-refractivity contribution < 1.29 is 19.1 Å². The smallest absolute Gasteiger partial charge is 0.320 e. The van der Waals surface area contributed by atoms with Crippen molar-refractivity contribution in [2.75, 3.05) is 20.3 Å². The van der Waals surface area contributed by atoms with Crippen LogP contribution in [-0.4, -0.2) is 36.1 Å². The van der Waals surface area contributed by atoms with E-state index in [2.05, 4.69) is 10.1 Å². The van der Waals surface area contributed by atoms with Crippen LogP contribution in [0, 0.1) is 0 Å². The molecule has 0 radical (unpaired) electrons. The summed E-state index contributed by atoms with van der Waals surface area (Å²) in [4.78, 5) is 23.0. The molecule has 1 aromatic rings. The van der Waals surface area contributed by atoms with Crippen LogP contribution in [0.25, 0.3) is 0 Å². The van der Waals surface area contributed by atoms with E-state index < -0.39 is 3.92 Å². The van der Waals surface area contributed by atoms with Crippen LogP contribution in [0.5, 0.6) is 5.75 Å². The molecule has 1 rings (SSSR count). The summed E-state index contributed by atoms with van der Waals surface area (Å²) < 4.78 is 9.47. The number of hydrogen-bond donors (Lipinski definition) is 1. The Morgan fingerprint density at radius 2 is 1.95 bits per heavy atom. The van der Waals surface area contributed by atoms with Crippen LogP contribution in [-0.2, 0) is 9.53 Å². The zero-order valence-electron chi connectivity index (χ0n) is 10.8. The summed E-state index contributed by atoms with van der Waals surface area (Å²) in [6, 6.07) is 6.84. The maximum atomic E-state index is 11.8. The highest BCUT2D eigenvalue weighted by molar-refractivity contribution is 14.1. The van der Waals surface area contributed by atoms with Gasteiger partial charge in [0.25, 0.3) is 5.91 Å². The highest BCUT2D eigenvalue weighted by atomic mass is 127. The Morgan fingerprint density at radius 1 is 1.32 bits per heavy atom. The molecule has 0 aromatic heterocycles. The second kappa shape index (κ2) is 7.98. The minimum atomic E-state index is -0.394. The van der Waals surface area contributed by atoms with Gasteiger partial charge in [0.15, 0.2) is 0 Å². The number of alkyl halides is 1. The van der Waals surface area contributed by atoms with Crippen molar-refractivity contribution in [3.8, 4) is 5.75 Å². The first kappa shape index (κ1) is 15.7. The van der Waals surface area contributed by atoms with Crippen LogP contribution in [0.2, 0.25) is 0 Å². The van der Waals surface area contributed by atoms with Gasteiger partial charge in [-0.25, -0.2) is 0 Å². The van der Waals surface area contributed by atoms with Crippen molar-refractivity contribution in [2.24, 2.45) is 0 Å². The monoisotopic (exact) mass is 377 g/mol. The molecule has 1 amide bonds. The van der Waals surface area contributed by atoms with Crippen molar-refractivity contribution in [3.63, 3.8) is 0 Å². The number of ether oxygens (including phenoxy) is 2. The fourth-order valence-electron chi connectivity index (χ4n) is 1.36. The first-order valence-corrected chi connectivity index (χ1v) is 7.06. The average Bonchev–Trinajstić information content (AvgIpc) is 2.44. The lowest BCUT2D eigenvalue weighted by atomic mass is 10.2. The quantitative estimate of drug-likeness (QED) is 0.467. The fourth-order valence-corrected chi connectivity index (χ4v) is 1.84. The number of benzene rings is 1. The molecule has 5 nitrogen and oxygen atoms in total. The molecular formula is C13H16INO4. The maximum absolute atomic E-state index is 11.8. The third kappa shape index (κ3) is 5.06. The summed E-state index contributed by atoms with van der Waals surface area (Å²) in [7, 11) is 1.32. The van der Waals surface area contributed by atoms with E-state index in [4.69, 9.17) is 4.74 Å². The Balaban J connectivity index is 2.51. The van der Waals surface area contributed by atoms with Crippen LogP contribution >= 0.6 is 22.6 Å². The van der Waals surface area contributed by atoms with Gasteiger partial charge in [-0.15, -0.1) is 0 Å². The van der Waals surface area contributed by atoms with Crippen molar-refractivity contribution in [1.29, 1.82) is 0 Å². The molecule has 0 aliphatic carbocycles. The molecule has 1 unspecified atom stereocenters. The number of carbonyl (C=O) groups excluding carboxylic acids is 2. The highest BCUT2D eigenvalue weighted by Gasteiger charge is 2.16. The zero-order valence-corrected chi connectivity index (χ0v) is 13.0. The van der Waals surface area contributed by atoms with E-state index in [1.54, 1.807) is 24.3 Å². The maximum Gasteiger partial charge on any atom is 0.320 e. The number of esters is 1.